The maximum Gasteiger partial charge on any atom is 0.573 e. The van der Waals surface area contributed by atoms with Crippen LogP contribution in [0.3, 0.4) is 0 Å². The number of anilines is 1. The van der Waals surface area contributed by atoms with E-state index in [1.165, 1.54) is 36.5 Å². The lowest BCUT2D eigenvalue weighted by Crippen LogP contribution is -2.19. The number of para-hydroxylation sites is 2. The summed E-state index contributed by atoms with van der Waals surface area (Å²) in [6, 6.07) is 8.03. The molecule has 1 heterocycles. The standard InChI is InChI=1S/C13H8ClF3N2O2/c14-11-6-5-8(7-18-11)12(20)19-9-3-1-2-4-10(9)21-13(15,16)17/h1-7H,(H,19,20). The van der Waals surface area contributed by atoms with Gasteiger partial charge in [-0.05, 0) is 24.3 Å². The van der Waals surface area contributed by atoms with Crippen LogP contribution in [-0.4, -0.2) is 17.3 Å². The van der Waals surface area contributed by atoms with E-state index in [4.69, 9.17) is 11.6 Å². The Kier molecular flexibility index (Phi) is 4.32. The first kappa shape index (κ1) is 15.1. The fourth-order valence-corrected chi connectivity index (χ4v) is 1.60. The second-order valence-electron chi connectivity index (χ2n) is 3.87. The number of rotatable bonds is 3. The molecule has 1 N–H and O–H groups in total. The third-order valence-corrected chi connectivity index (χ3v) is 2.57. The van der Waals surface area contributed by atoms with E-state index < -0.39 is 18.0 Å². The molecule has 1 aromatic carbocycles. The van der Waals surface area contributed by atoms with Crippen LogP contribution in [0.1, 0.15) is 10.4 Å². The summed E-state index contributed by atoms with van der Waals surface area (Å²) in [6.45, 7) is 0. The summed E-state index contributed by atoms with van der Waals surface area (Å²) in [5.41, 5.74) is 0.0518. The van der Waals surface area contributed by atoms with E-state index in [0.29, 0.717) is 0 Å². The van der Waals surface area contributed by atoms with Gasteiger partial charge in [0.25, 0.3) is 5.91 Å². The number of pyridine rings is 1. The fourth-order valence-electron chi connectivity index (χ4n) is 1.49. The van der Waals surface area contributed by atoms with Crippen LogP contribution in [0, 0.1) is 0 Å². The Bertz CT molecular complexity index is 645. The van der Waals surface area contributed by atoms with Gasteiger partial charge in [-0.2, -0.15) is 0 Å². The van der Waals surface area contributed by atoms with E-state index in [1.807, 2.05) is 0 Å². The van der Waals surface area contributed by atoms with Crippen molar-refractivity contribution in [2.24, 2.45) is 0 Å². The van der Waals surface area contributed by atoms with Gasteiger partial charge in [0.2, 0.25) is 0 Å². The van der Waals surface area contributed by atoms with Crippen LogP contribution in [0.5, 0.6) is 5.75 Å². The fraction of sp³-hybridized carbons (Fsp3) is 0.0769. The Balaban J connectivity index is 2.19. The van der Waals surface area contributed by atoms with Crippen molar-refractivity contribution in [1.29, 1.82) is 0 Å². The minimum Gasteiger partial charge on any atom is -0.404 e. The van der Waals surface area contributed by atoms with Crippen molar-refractivity contribution in [2.45, 2.75) is 6.36 Å². The summed E-state index contributed by atoms with van der Waals surface area (Å²) in [7, 11) is 0. The number of carbonyl (C=O) groups is 1. The van der Waals surface area contributed by atoms with Gasteiger partial charge in [0.1, 0.15) is 5.15 Å². The maximum atomic E-state index is 12.3. The monoisotopic (exact) mass is 316 g/mol. The molecule has 2 aromatic rings. The highest BCUT2D eigenvalue weighted by Crippen LogP contribution is 2.30. The molecule has 0 bridgehead atoms. The molecule has 0 unspecified atom stereocenters. The normalized spacial score (nSPS) is 11.0. The molecule has 0 saturated heterocycles. The van der Waals surface area contributed by atoms with Gasteiger partial charge in [0.05, 0.1) is 11.3 Å². The van der Waals surface area contributed by atoms with Crippen LogP contribution in [0.2, 0.25) is 5.15 Å². The van der Waals surface area contributed by atoms with Gasteiger partial charge in [-0.15, -0.1) is 13.2 Å². The smallest absolute Gasteiger partial charge is 0.404 e. The number of carbonyl (C=O) groups excluding carboxylic acids is 1. The van der Waals surface area contributed by atoms with Crippen molar-refractivity contribution < 1.29 is 22.7 Å². The average molecular weight is 317 g/mol. The molecule has 0 aliphatic heterocycles. The van der Waals surface area contributed by atoms with Crippen molar-refractivity contribution in [2.75, 3.05) is 5.32 Å². The molecule has 1 amide bonds. The van der Waals surface area contributed by atoms with Gasteiger partial charge in [0.15, 0.2) is 5.75 Å². The van der Waals surface area contributed by atoms with E-state index in [-0.39, 0.29) is 16.4 Å². The van der Waals surface area contributed by atoms with E-state index in [1.54, 1.807) is 0 Å². The molecule has 1 aromatic heterocycles. The Labute approximate surface area is 122 Å². The highest BCUT2D eigenvalue weighted by Gasteiger charge is 2.32. The predicted molar refractivity (Wildman–Crippen MR) is 70.3 cm³/mol. The van der Waals surface area contributed by atoms with Gasteiger partial charge in [-0.25, -0.2) is 4.98 Å². The predicted octanol–water partition coefficient (Wildman–Crippen LogP) is 3.89. The van der Waals surface area contributed by atoms with Gasteiger partial charge >= 0.3 is 6.36 Å². The van der Waals surface area contributed by atoms with Gasteiger partial charge in [-0.3, -0.25) is 4.79 Å². The number of hydrogen-bond acceptors (Lipinski definition) is 3. The Morgan fingerprint density at radius 2 is 1.90 bits per heavy atom. The molecule has 0 aliphatic rings. The maximum absolute atomic E-state index is 12.3. The molecule has 110 valence electrons. The van der Waals surface area contributed by atoms with E-state index in [2.05, 4.69) is 15.0 Å². The first-order valence-electron chi connectivity index (χ1n) is 5.63. The molecular weight excluding hydrogens is 309 g/mol. The molecule has 21 heavy (non-hydrogen) atoms. The van der Waals surface area contributed by atoms with Gasteiger partial charge in [-0.1, -0.05) is 23.7 Å². The Morgan fingerprint density at radius 1 is 1.19 bits per heavy atom. The lowest BCUT2D eigenvalue weighted by molar-refractivity contribution is -0.274. The van der Waals surface area contributed by atoms with Crippen molar-refractivity contribution in [3.63, 3.8) is 0 Å². The van der Waals surface area contributed by atoms with Crippen molar-refractivity contribution >= 4 is 23.2 Å². The first-order valence-corrected chi connectivity index (χ1v) is 6.00. The average Bonchev–Trinajstić information content (AvgIpc) is 2.40. The van der Waals surface area contributed by atoms with E-state index in [0.717, 1.165) is 6.07 Å². The lowest BCUT2D eigenvalue weighted by atomic mass is 10.2. The molecule has 0 atom stereocenters. The number of nitrogens with one attached hydrogen (secondary N) is 1. The van der Waals surface area contributed by atoms with E-state index in [9.17, 15) is 18.0 Å². The van der Waals surface area contributed by atoms with Crippen LogP contribution in [0.4, 0.5) is 18.9 Å². The summed E-state index contributed by atoms with van der Waals surface area (Å²) in [5.74, 6) is -1.13. The van der Waals surface area contributed by atoms with Crippen LogP contribution >= 0.6 is 11.6 Å². The summed E-state index contributed by atoms with van der Waals surface area (Å²) < 4.78 is 40.6. The van der Waals surface area contributed by atoms with Gasteiger partial charge in [0, 0.05) is 6.20 Å². The minimum absolute atomic E-state index is 0.102. The first-order chi connectivity index (χ1) is 9.85. The quantitative estimate of drug-likeness (QED) is 0.874. The highest BCUT2D eigenvalue weighted by atomic mass is 35.5. The number of benzene rings is 1. The third kappa shape index (κ3) is 4.35. The number of ether oxygens (including phenoxy) is 1. The molecule has 0 spiro atoms. The van der Waals surface area contributed by atoms with Crippen LogP contribution in [0.25, 0.3) is 0 Å². The number of alkyl halides is 3. The second-order valence-corrected chi connectivity index (χ2v) is 4.25. The molecule has 0 saturated carbocycles. The van der Waals surface area contributed by atoms with Gasteiger partial charge < -0.3 is 10.1 Å². The number of amides is 1. The van der Waals surface area contributed by atoms with Crippen LogP contribution < -0.4 is 10.1 Å². The zero-order chi connectivity index (χ0) is 15.5. The summed E-state index contributed by atoms with van der Waals surface area (Å²) in [5, 5.41) is 2.52. The lowest BCUT2D eigenvalue weighted by Gasteiger charge is -2.13. The second kappa shape index (κ2) is 6.01. The van der Waals surface area contributed by atoms with E-state index >= 15 is 0 Å². The highest BCUT2D eigenvalue weighted by molar-refractivity contribution is 6.29. The van der Waals surface area contributed by atoms with Crippen LogP contribution in [0.15, 0.2) is 42.6 Å². The molecule has 2 rings (SSSR count). The number of aromatic nitrogens is 1. The largest absolute Gasteiger partial charge is 0.573 e. The number of hydrogen-bond donors (Lipinski definition) is 1. The minimum atomic E-state index is -4.84. The number of nitrogens with zero attached hydrogens (tertiary/aromatic N) is 1. The molecule has 0 aliphatic carbocycles. The Morgan fingerprint density at radius 3 is 2.52 bits per heavy atom. The number of halogens is 4. The molecule has 0 radical (unpaired) electrons. The Hall–Kier alpha value is -2.28. The SMILES string of the molecule is O=C(Nc1ccccc1OC(F)(F)F)c1ccc(Cl)nc1. The summed E-state index contributed by atoms with van der Waals surface area (Å²) >= 11 is 5.59. The summed E-state index contributed by atoms with van der Waals surface area (Å²) in [4.78, 5) is 15.6. The summed E-state index contributed by atoms with van der Waals surface area (Å²) in [6.07, 6.45) is -3.63. The third-order valence-electron chi connectivity index (χ3n) is 2.35. The van der Waals surface area contributed by atoms with Crippen molar-refractivity contribution in [1.82, 2.24) is 4.98 Å². The van der Waals surface area contributed by atoms with Crippen molar-refractivity contribution in [3.05, 3.63) is 53.3 Å². The molecule has 0 fully saturated rings. The molecule has 8 heteroatoms. The molecular formula is C13H8ClF3N2O2. The zero-order valence-electron chi connectivity index (χ0n) is 10.3. The molecule has 4 nitrogen and oxygen atoms in total. The van der Waals surface area contributed by atoms with Crippen LogP contribution in [-0.2, 0) is 0 Å². The topological polar surface area (TPSA) is 51.2 Å². The zero-order valence-corrected chi connectivity index (χ0v) is 11.1. The van der Waals surface area contributed by atoms with Crippen molar-refractivity contribution in [3.8, 4) is 5.75 Å².